The van der Waals surface area contributed by atoms with Gasteiger partial charge in [0, 0.05) is 12.8 Å². The summed E-state index contributed by atoms with van der Waals surface area (Å²) < 4.78 is 5.17. The molecule has 0 fully saturated rings. The standard InChI is InChI=1S/C8H10O2/c1-2-3-7-4-5-8(6-9)10-7/h2,4,6,8H,1,3,5H2. The quantitative estimate of drug-likeness (QED) is 0.435. The van der Waals surface area contributed by atoms with Crippen molar-refractivity contribution in [2.45, 2.75) is 18.9 Å². The van der Waals surface area contributed by atoms with E-state index in [-0.39, 0.29) is 6.10 Å². The molecule has 1 aliphatic rings. The summed E-state index contributed by atoms with van der Waals surface area (Å²) in [6, 6.07) is 0. The normalized spacial score (nSPS) is 23.2. The number of carbonyl (C=O) groups excluding carboxylic acids is 1. The van der Waals surface area contributed by atoms with Gasteiger partial charge in [-0.25, -0.2) is 0 Å². The van der Waals surface area contributed by atoms with Crippen LogP contribution in [0.4, 0.5) is 0 Å². The molecule has 0 saturated carbocycles. The third-order valence-electron chi connectivity index (χ3n) is 1.38. The summed E-state index contributed by atoms with van der Waals surface area (Å²) in [6.45, 7) is 3.57. The number of aldehydes is 1. The van der Waals surface area contributed by atoms with Crippen LogP contribution in [0.15, 0.2) is 24.5 Å². The van der Waals surface area contributed by atoms with E-state index in [0.717, 1.165) is 18.5 Å². The Morgan fingerprint density at radius 1 is 1.90 bits per heavy atom. The molecule has 10 heavy (non-hydrogen) atoms. The molecule has 1 unspecified atom stereocenters. The number of hydrogen-bond donors (Lipinski definition) is 0. The zero-order valence-electron chi connectivity index (χ0n) is 5.75. The van der Waals surface area contributed by atoms with Crippen LogP contribution >= 0.6 is 0 Å². The Balaban J connectivity index is 2.38. The van der Waals surface area contributed by atoms with Gasteiger partial charge in [0.25, 0.3) is 0 Å². The molecule has 1 aliphatic heterocycles. The lowest BCUT2D eigenvalue weighted by atomic mass is 10.3. The molecule has 1 atom stereocenters. The van der Waals surface area contributed by atoms with E-state index in [0.29, 0.717) is 6.42 Å². The fraction of sp³-hybridized carbons (Fsp3) is 0.375. The first-order chi connectivity index (χ1) is 4.86. The van der Waals surface area contributed by atoms with Crippen molar-refractivity contribution in [2.24, 2.45) is 0 Å². The summed E-state index contributed by atoms with van der Waals surface area (Å²) in [7, 11) is 0. The van der Waals surface area contributed by atoms with Crippen molar-refractivity contribution in [1.82, 2.24) is 0 Å². The van der Waals surface area contributed by atoms with E-state index in [9.17, 15) is 4.79 Å². The lowest BCUT2D eigenvalue weighted by Crippen LogP contribution is -2.06. The molecule has 0 bridgehead atoms. The first-order valence-electron chi connectivity index (χ1n) is 3.28. The number of allylic oxidation sites excluding steroid dienone is 1. The lowest BCUT2D eigenvalue weighted by Gasteiger charge is -2.03. The Morgan fingerprint density at radius 2 is 2.70 bits per heavy atom. The average Bonchev–Trinajstić information content (AvgIpc) is 2.37. The number of ether oxygens (including phenoxy) is 1. The van der Waals surface area contributed by atoms with Crippen molar-refractivity contribution in [1.29, 1.82) is 0 Å². The summed E-state index contributed by atoms with van der Waals surface area (Å²) >= 11 is 0. The molecular formula is C8H10O2. The highest BCUT2D eigenvalue weighted by atomic mass is 16.5. The van der Waals surface area contributed by atoms with Crippen LogP contribution in [0.2, 0.25) is 0 Å². The van der Waals surface area contributed by atoms with Crippen LogP contribution in [0.1, 0.15) is 12.8 Å². The second kappa shape index (κ2) is 3.20. The SMILES string of the molecule is C=CCC1=CCC(C=O)O1. The van der Waals surface area contributed by atoms with Crippen LogP contribution in [-0.2, 0) is 9.53 Å². The third kappa shape index (κ3) is 1.47. The molecule has 0 amide bonds. The highest BCUT2D eigenvalue weighted by Crippen LogP contribution is 2.17. The molecule has 0 saturated heterocycles. The molecule has 0 aromatic carbocycles. The van der Waals surface area contributed by atoms with Crippen molar-refractivity contribution >= 4 is 6.29 Å². The number of hydrogen-bond acceptors (Lipinski definition) is 2. The Morgan fingerprint density at radius 3 is 3.20 bits per heavy atom. The van der Waals surface area contributed by atoms with E-state index >= 15 is 0 Å². The number of carbonyl (C=O) groups is 1. The van der Waals surface area contributed by atoms with Crippen LogP contribution in [0.25, 0.3) is 0 Å². The molecule has 0 aliphatic carbocycles. The molecule has 1 heterocycles. The monoisotopic (exact) mass is 138 g/mol. The summed E-state index contributed by atoms with van der Waals surface area (Å²) in [5, 5.41) is 0. The Labute approximate surface area is 60.2 Å². The summed E-state index contributed by atoms with van der Waals surface area (Å²) in [4.78, 5) is 10.2. The Bertz CT molecular complexity index is 170. The maximum absolute atomic E-state index is 10.2. The molecule has 0 spiro atoms. The largest absolute Gasteiger partial charge is 0.487 e. The van der Waals surface area contributed by atoms with Crippen molar-refractivity contribution in [2.75, 3.05) is 0 Å². The fourth-order valence-corrected chi connectivity index (χ4v) is 0.895. The number of rotatable bonds is 3. The molecule has 2 nitrogen and oxygen atoms in total. The zero-order valence-corrected chi connectivity index (χ0v) is 5.75. The first kappa shape index (κ1) is 7.06. The van der Waals surface area contributed by atoms with Gasteiger partial charge in [-0.1, -0.05) is 6.08 Å². The van der Waals surface area contributed by atoms with Crippen molar-refractivity contribution in [3.8, 4) is 0 Å². The van der Waals surface area contributed by atoms with Gasteiger partial charge in [0.15, 0.2) is 12.4 Å². The van der Waals surface area contributed by atoms with Crippen molar-refractivity contribution < 1.29 is 9.53 Å². The fourth-order valence-electron chi connectivity index (χ4n) is 0.895. The predicted molar refractivity (Wildman–Crippen MR) is 38.5 cm³/mol. The van der Waals surface area contributed by atoms with Gasteiger partial charge >= 0.3 is 0 Å². The molecule has 0 aromatic rings. The van der Waals surface area contributed by atoms with Gasteiger partial charge in [-0.15, -0.1) is 6.58 Å². The smallest absolute Gasteiger partial charge is 0.160 e. The predicted octanol–water partition coefficient (Wildman–Crippen LogP) is 1.43. The minimum atomic E-state index is -0.241. The van der Waals surface area contributed by atoms with Gasteiger partial charge in [-0.3, -0.25) is 4.79 Å². The summed E-state index contributed by atoms with van der Waals surface area (Å²) in [6.07, 6.45) is 5.72. The topological polar surface area (TPSA) is 26.3 Å². The average molecular weight is 138 g/mol. The van der Waals surface area contributed by atoms with E-state index in [1.807, 2.05) is 6.08 Å². The maximum atomic E-state index is 10.2. The second-order valence-electron chi connectivity index (χ2n) is 2.19. The van der Waals surface area contributed by atoms with Gasteiger partial charge in [0.1, 0.15) is 0 Å². The van der Waals surface area contributed by atoms with E-state index in [4.69, 9.17) is 4.74 Å². The van der Waals surface area contributed by atoms with Gasteiger partial charge < -0.3 is 4.74 Å². The molecule has 0 aromatic heterocycles. The molecule has 1 rings (SSSR count). The van der Waals surface area contributed by atoms with Gasteiger partial charge in [0.05, 0.1) is 5.76 Å². The van der Waals surface area contributed by atoms with Crippen LogP contribution < -0.4 is 0 Å². The van der Waals surface area contributed by atoms with E-state index < -0.39 is 0 Å². The maximum Gasteiger partial charge on any atom is 0.160 e. The highest BCUT2D eigenvalue weighted by molar-refractivity contribution is 5.57. The molecular weight excluding hydrogens is 128 g/mol. The molecule has 2 heteroatoms. The molecule has 0 radical (unpaired) electrons. The van der Waals surface area contributed by atoms with E-state index in [1.54, 1.807) is 6.08 Å². The van der Waals surface area contributed by atoms with E-state index in [1.165, 1.54) is 0 Å². The molecule has 54 valence electrons. The molecule has 0 N–H and O–H groups in total. The Hall–Kier alpha value is -1.05. The zero-order chi connectivity index (χ0) is 7.40. The van der Waals surface area contributed by atoms with Gasteiger partial charge in [0.2, 0.25) is 0 Å². The third-order valence-corrected chi connectivity index (χ3v) is 1.38. The minimum Gasteiger partial charge on any atom is -0.487 e. The van der Waals surface area contributed by atoms with Crippen LogP contribution in [0.5, 0.6) is 0 Å². The van der Waals surface area contributed by atoms with Crippen LogP contribution in [0.3, 0.4) is 0 Å². The van der Waals surface area contributed by atoms with Crippen molar-refractivity contribution in [3.63, 3.8) is 0 Å². The van der Waals surface area contributed by atoms with Crippen LogP contribution in [0, 0.1) is 0 Å². The van der Waals surface area contributed by atoms with E-state index in [2.05, 4.69) is 6.58 Å². The second-order valence-corrected chi connectivity index (χ2v) is 2.19. The summed E-state index contributed by atoms with van der Waals surface area (Å²) in [5.41, 5.74) is 0. The Kier molecular flexibility index (Phi) is 2.26. The lowest BCUT2D eigenvalue weighted by molar-refractivity contribution is -0.114. The minimum absolute atomic E-state index is 0.241. The summed E-state index contributed by atoms with van der Waals surface area (Å²) in [5.74, 6) is 0.868. The van der Waals surface area contributed by atoms with Crippen LogP contribution in [-0.4, -0.2) is 12.4 Å². The highest BCUT2D eigenvalue weighted by Gasteiger charge is 2.14. The van der Waals surface area contributed by atoms with Gasteiger partial charge in [-0.2, -0.15) is 0 Å². The van der Waals surface area contributed by atoms with Gasteiger partial charge in [-0.05, 0) is 6.08 Å². The first-order valence-corrected chi connectivity index (χ1v) is 3.28. The van der Waals surface area contributed by atoms with Crippen molar-refractivity contribution in [3.05, 3.63) is 24.5 Å².